The van der Waals surface area contributed by atoms with Crippen LogP contribution in [0.4, 0.5) is 11.6 Å². The van der Waals surface area contributed by atoms with E-state index in [2.05, 4.69) is 42.1 Å². The van der Waals surface area contributed by atoms with Gasteiger partial charge in [0, 0.05) is 15.9 Å². The fraction of sp³-hybridized carbons (Fsp3) is 0.158. The average Bonchev–Trinajstić information content (AvgIpc) is 3.10. The molecule has 1 aliphatic rings. The molecule has 8 heteroatoms. The van der Waals surface area contributed by atoms with Gasteiger partial charge in [0.2, 0.25) is 5.95 Å². The number of fused-ring (bicyclic) bond motifs is 1. The van der Waals surface area contributed by atoms with Crippen molar-refractivity contribution in [2.75, 3.05) is 10.6 Å². The zero-order chi connectivity index (χ0) is 19.0. The quantitative estimate of drug-likeness (QED) is 0.669. The van der Waals surface area contributed by atoms with E-state index in [1.807, 2.05) is 62.4 Å². The number of halogens is 1. The zero-order valence-corrected chi connectivity index (χ0v) is 16.4. The number of carbonyl (C=O) groups excluding carboxylic acids is 1. The van der Waals surface area contributed by atoms with Crippen LogP contribution in [0.1, 0.15) is 24.1 Å². The van der Waals surface area contributed by atoms with Crippen molar-refractivity contribution < 1.29 is 4.79 Å². The number of hydrogen-bond donors (Lipinski definition) is 2. The highest BCUT2D eigenvalue weighted by molar-refractivity contribution is 9.10. The molecule has 0 radical (unpaired) electrons. The van der Waals surface area contributed by atoms with Gasteiger partial charge < -0.3 is 10.6 Å². The molecular formula is C19H17BrN6O. The lowest BCUT2D eigenvalue weighted by molar-refractivity contribution is -0.113. The molecule has 0 saturated heterocycles. The summed E-state index contributed by atoms with van der Waals surface area (Å²) in [6, 6.07) is 15.0. The van der Waals surface area contributed by atoms with Gasteiger partial charge in [-0.05, 0) is 53.6 Å². The van der Waals surface area contributed by atoms with E-state index in [1.165, 1.54) is 0 Å². The van der Waals surface area contributed by atoms with E-state index >= 15 is 0 Å². The second-order valence-electron chi connectivity index (χ2n) is 6.34. The number of aromatic nitrogens is 4. The highest BCUT2D eigenvalue weighted by Crippen LogP contribution is 2.35. The van der Waals surface area contributed by atoms with Crippen LogP contribution in [-0.2, 0) is 4.79 Å². The molecule has 0 bridgehead atoms. The van der Waals surface area contributed by atoms with Crippen LogP contribution in [0.2, 0.25) is 0 Å². The largest absolute Gasteiger partial charge is 0.326 e. The topological polar surface area (TPSA) is 84.7 Å². The zero-order valence-electron chi connectivity index (χ0n) is 14.8. The Bertz CT molecular complexity index is 1060. The molecule has 0 spiro atoms. The maximum Gasteiger partial charge on any atom is 0.255 e. The minimum absolute atomic E-state index is 0.194. The lowest BCUT2D eigenvalue weighted by Crippen LogP contribution is -2.31. The summed E-state index contributed by atoms with van der Waals surface area (Å²) in [6.07, 6.45) is 0. The fourth-order valence-electron chi connectivity index (χ4n) is 3.19. The van der Waals surface area contributed by atoms with Gasteiger partial charge >= 0.3 is 0 Å². The van der Waals surface area contributed by atoms with Crippen molar-refractivity contribution in [2.45, 2.75) is 19.9 Å². The number of tetrazole rings is 1. The van der Waals surface area contributed by atoms with Crippen molar-refractivity contribution in [3.05, 3.63) is 75.4 Å². The summed E-state index contributed by atoms with van der Waals surface area (Å²) in [5, 5.41) is 18.0. The number of hydrogen-bond acceptors (Lipinski definition) is 5. The van der Waals surface area contributed by atoms with Crippen LogP contribution in [0, 0.1) is 6.92 Å². The van der Waals surface area contributed by atoms with Crippen LogP contribution in [0.3, 0.4) is 0 Å². The number of aryl methyl sites for hydroxylation is 1. The van der Waals surface area contributed by atoms with Gasteiger partial charge in [0.15, 0.2) is 0 Å². The smallest absolute Gasteiger partial charge is 0.255 e. The number of amides is 1. The van der Waals surface area contributed by atoms with Gasteiger partial charge in [-0.1, -0.05) is 51.4 Å². The Morgan fingerprint density at radius 2 is 2.00 bits per heavy atom. The SMILES string of the molecule is CC1=C(C(=O)Nc2ccccc2C)[C@H](c2cccc(Br)c2)n2nnnc2N1. The van der Waals surface area contributed by atoms with E-state index in [9.17, 15) is 4.79 Å². The summed E-state index contributed by atoms with van der Waals surface area (Å²) in [4.78, 5) is 13.2. The lowest BCUT2D eigenvalue weighted by Gasteiger charge is -2.28. The van der Waals surface area contributed by atoms with Crippen LogP contribution in [0.25, 0.3) is 0 Å². The molecule has 1 atom stereocenters. The maximum absolute atomic E-state index is 13.2. The number of rotatable bonds is 3. The fourth-order valence-corrected chi connectivity index (χ4v) is 3.61. The van der Waals surface area contributed by atoms with Crippen LogP contribution in [-0.4, -0.2) is 26.1 Å². The Labute approximate surface area is 164 Å². The van der Waals surface area contributed by atoms with E-state index in [-0.39, 0.29) is 5.91 Å². The van der Waals surface area contributed by atoms with Gasteiger partial charge in [-0.15, -0.1) is 0 Å². The first kappa shape index (κ1) is 17.4. The highest BCUT2D eigenvalue weighted by Gasteiger charge is 2.34. The Balaban J connectivity index is 1.79. The van der Waals surface area contributed by atoms with Gasteiger partial charge in [-0.3, -0.25) is 4.79 Å². The summed E-state index contributed by atoms with van der Waals surface area (Å²) in [5.41, 5.74) is 3.96. The Kier molecular flexibility index (Phi) is 4.49. The number of benzene rings is 2. The van der Waals surface area contributed by atoms with Crippen molar-refractivity contribution in [2.24, 2.45) is 0 Å². The van der Waals surface area contributed by atoms with Crippen molar-refractivity contribution >= 4 is 33.5 Å². The molecule has 0 aliphatic carbocycles. The molecule has 1 aliphatic heterocycles. The molecule has 1 aromatic heterocycles. The summed E-state index contributed by atoms with van der Waals surface area (Å²) >= 11 is 3.50. The number of carbonyl (C=O) groups is 1. The summed E-state index contributed by atoms with van der Waals surface area (Å²) in [5.74, 6) is 0.311. The molecule has 4 rings (SSSR count). The number of para-hydroxylation sites is 1. The van der Waals surface area contributed by atoms with Crippen molar-refractivity contribution in [1.29, 1.82) is 0 Å². The van der Waals surface area contributed by atoms with Gasteiger partial charge in [-0.2, -0.15) is 4.68 Å². The first-order valence-corrected chi connectivity index (χ1v) is 9.22. The molecule has 0 unspecified atom stereocenters. The van der Waals surface area contributed by atoms with Crippen molar-refractivity contribution in [1.82, 2.24) is 20.2 Å². The second kappa shape index (κ2) is 6.96. The van der Waals surface area contributed by atoms with Crippen LogP contribution >= 0.6 is 15.9 Å². The Morgan fingerprint density at radius 3 is 2.78 bits per heavy atom. The molecule has 2 N–H and O–H groups in total. The molecule has 0 fully saturated rings. The number of allylic oxidation sites excluding steroid dienone is 1. The van der Waals surface area contributed by atoms with E-state index in [0.29, 0.717) is 17.2 Å². The van der Waals surface area contributed by atoms with Gasteiger partial charge in [-0.25, -0.2) is 0 Å². The highest BCUT2D eigenvalue weighted by atomic mass is 79.9. The predicted octanol–water partition coefficient (Wildman–Crippen LogP) is 3.67. The molecule has 7 nitrogen and oxygen atoms in total. The summed E-state index contributed by atoms with van der Waals surface area (Å²) in [7, 11) is 0. The molecule has 27 heavy (non-hydrogen) atoms. The molecule has 2 aromatic carbocycles. The Morgan fingerprint density at radius 1 is 1.19 bits per heavy atom. The van der Waals surface area contributed by atoms with Gasteiger partial charge in [0.05, 0.1) is 5.57 Å². The van der Waals surface area contributed by atoms with Crippen molar-refractivity contribution in [3.8, 4) is 0 Å². The molecule has 2 heterocycles. The van der Waals surface area contributed by atoms with Crippen LogP contribution in [0.5, 0.6) is 0 Å². The van der Waals surface area contributed by atoms with Gasteiger partial charge in [0.25, 0.3) is 5.91 Å². The third kappa shape index (κ3) is 3.23. The standard InChI is InChI=1S/C19H17BrN6O/c1-11-6-3-4-9-15(11)22-18(27)16-12(2)21-19-23-24-25-26(19)17(16)13-7-5-8-14(20)10-13/h3-10,17H,1-2H3,(H,22,27)(H,21,23,25)/t17-/m0/s1. The minimum atomic E-state index is -0.433. The molecule has 136 valence electrons. The second-order valence-corrected chi connectivity index (χ2v) is 7.25. The normalized spacial score (nSPS) is 15.9. The predicted molar refractivity (Wildman–Crippen MR) is 106 cm³/mol. The first-order valence-electron chi connectivity index (χ1n) is 8.42. The summed E-state index contributed by atoms with van der Waals surface area (Å²) in [6.45, 7) is 3.82. The molecule has 1 amide bonds. The van der Waals surface area contributed by atoms with E-state index < -0.39 is 6.04 Å². The number of anilines is 2. The van der Waals surface area contributed by atoms with E-state index in [0.717, 1.165) is 21.3 Å². The molecule has 3 aromatic rings. The van der Waals surface area contributed by atoms with Crippen LogP contribution < -0.4 is 10.6 Å². The van der Waals surface area contributed by atoms with Gasteiger partial charge in [0.1, 0.15) is 6.04 Å². The lowest BCUT2D eigenvalue weighted by atomic mass is 9.95. The monoisotopic (exact) mass is 424 g/mol. The number of nitrogens with one attached hydrogen (secondary N) is 2. The Hall–Kier alpha value is -3.00. The third-order valence-electron chi connectivity index (χ3n) is 4.52. The molecule has 0 saturated carbocycles. The first-order chi connectivity index (χ1) is 13.0. The minimum Gasteiger partial charge on any atom is -0.326 e. The van der Waals surface area contributed by atoms with E-state index in [4.69, 9.17) is 0 Å². The molecular weight excluding hydrogens is 408 g/mol. The van der Waals surface area contributed by atoms with E-state index in [1.54, 1.807) is 4.68 Å². The third-order valence-corrected chi connectivity index (χ3v) is 5.01. The van der Waals surface area contributed by atoms with Crippen molar-refractivity contribution in [3.63, 3.8) is 0 Å². The number of nitrogens with zero attached hydrogens (tertiary/aromatic N) is 4. The van der Waals surface area contributed by atoms with Crippen LogP contribution in [0.15, 0.2) is 64.3 Å². The summed E-state index contributed by atoms with van der Waals surface area (Å²) < 4.78 is 2.55. The average molecular weight is 425 g/mol. The maximum atomic E-state index is 13.2.